The van der Waals surface area contributed by atoms with Crippen LogP contribution in [-0.2, 0) is 17.8 Å². The topological polar surface area (TPSA) is 42.8 Å². The van der Waals surface area contributed by atoms with E-state index in [0.29, 0.717) is 12.2 Å². The maximum Gasteiger partial charge on any atom is 0.387 e. The Labute approximate surface area is 146 Å². The fourth-order valence-electron chi connectivity index (χ4n) is 2.50. The molecule has 2 aromatic carbocycles. The minimum absolute atomic E-state index is 0.0614. The van der Waals surface area contributed by atoms with Crippen LogP contribution < -0.4 is 15.0 Å². The summed E-state index contributed by atoms with van der Waals surface area (Å²) in [6.07, 6.45) is 1.01. The normalized spacial score (nSPS) is 12.0. The summed E-state index contributed by atoms with van der Waals surface area (Å²) in [4.78, 5) is 13.1. The van der Waals surface area contributed by atoms with Gasteiger partial charge >= 0.3 is 6.61 Å². The zero-order chi connectivity index (χ0) is 18.2. The van der Waals surface area contributed by atoms with Crippen LogP contribution in [-0.4, -0.2) is 26.1 Å². The Kier molecular flexibility index (Phi) is 6.89. The van der Waals surface area contributed by atoms with Gasteiger partial charge in [0.1, 0.15) is 12.3 Å². The predicted molar refractivity (Wildman–Crippen MR) is 93.0 cm³/mol. The first-order valence-electron chi connectivity index (χ1n) is 8.20. The molecule has 0 saturated carbocycles. The Hall–Kier alpha value is -2.47. The summed E-state index contributed by atoms with van der Waals surface area (Å²) in [6.45, 7) is 0.316. The van der Waals surface area contributed by atoms with Crippen molar-refractivity contribution in [1.29, 1.82) is 0 Å². The number of quaternary nitrogens is 1. The highest BCUT2D eigenvalue weighted by Crippen LogP contribution is 2.17. The van der Waals surface area contributed by atoms with Crippen molar-refractivity contribution in [3.05, 3.63) is 59.7 Å². The highest BCUT2D eigenvalue weighted by Gasteiger charge is 2.11. The van der Waals surface area contributed by atoms with Crippen molar-refractivity contribution in [2.45, 2.75) is 26.5 Å². The van der Waals surface area contributed by atoms with Gasteiger partial charge in [-0.15, -0.1) is 0 Å². The average molecular weight is 349 g/mol. The van der Waals surface area contributed by atoms with Crippen LogP contribution in [0.15, 0.2) is 48.5 Å². The van der Waals surface area contributed by atoms with Gasteiger partial charge in [-0.3, -0.25) is 4.79 Å². The first-order valence-corrected chi connectivity index (χ1v) is 8.20. The zero-order valence-electron chi connectivity index (χ0n) is 14.4. The van der Waals surface area contributed by atoms with E-state index in [2.05, 4.69) is 41.2 Å². The maximum atomic E-state index is 12.1. The second kappa shape index (κ2) is 9.13. The number of carbonyl (C=O) groups is 1. The molecule has 0 heterocycles. The van der Waals surface area contributed by atoms with Gasteiger partial charge in [0.2, 0.25) is 0 Å². The lowest BCUT2D eigenvalue weighted by Crippen LogP contribution is -3.08. The lowest BCUT2D eigenvalue weighted by molar-refractivity contribution is -0.885. The molecule has 2 N–H and O–H groups in total. The number of likely N-dealkylation sites (N-methyl/N-ethyl adjacent to an activating group) is 1. The molecule has 0 fully saturated rings. The molecule has 0 aromatic heterocycles. The van der Waals surface area contributed by atoms with Crippen LogP contribution in [0.25, 0.3) is 0 Å². The number of anilines is 1. The molecule has 0 aliphatic carbocycles. The van der Waals surface area contributed by atoms with Gasteiger partial charge < -0.3 is 15.0 Å². The van der Waals surface area contributed by atoms with Gasteiger partial charge in [0.05, 0.1) is 7.05 Å². The number of amides is 1. The highest BCUT2D eigenvalue weighted by atomic mass is 19.3. The molecular weight excluding hydrogens is 326 g/mol. The molecule has 0 bridgehead atoms. The number of benzene rings is 2. The number of rotatable bonds is 8. The van der Waals surface area contributed by atoms with Crippen LogP contribution in [0.2, 0.25) is 0 Å². The summed E-state index contributed by atoms with van der Waals surface area (Å²) >= 11 is 0. The smallest absolute Gasteiger partial charge is 0.387 e. The predicted octanol–water partition coefficient (Wildman–Crippen LogP) is 2.50. The molecule has 0 aliphatic rings. The minimum atomic E-state index is -2.86. The van der Waals surface area contributed by atoms with E-state index in [1.807, 2.05) is 7.05 Å². The van der Waals surface area contributed by atoms with Crippen LogP contribution >= 0.6 is 0 Å². The van der Waals surface area contributed by atoms with Crippen molar-refractivity contribution in [1.82, 2.24) is 0 Å². The second-order valence-corrected chi connectivity index (χ2v) is 5.93. The molecule has 0 aliphatic heterocycles. The van der Waals surface area contributed by atoms with Crippen molar-refractivity contribution in [3.63, 3.8) is 0 Å². The van der Waals surface area contributed by atoms with Gasteiger partial charge in [0.15, 0.2) is 6.54 Å². The fraction of sp³-hybridized carbons (Fsp3) is 0.316. The number of hydrogen-bond acceptors (Lipinski definition) is 2. The first-order chi connectivity index (χ1) is 12.0. The standard InChI is InChI=1S/C19H22F2N2O2/c1-3-14-4-6-15(7-5-14)12-23(2)13-18(24)22-16-8-10-17(11-9-16)25-19(20)21/h4-11,19H,3,12-13H2,1-2H3,(H,22,24)/p+1. The van der Waals surface area contributed by atoms with E-state index in [4.69, 9.17) is 0 Å². The SMILES string of the molecule is CCc1ccc(C[NH+](C)CC(=O)Nc2ccc(OC(F)F)cc2)cc1. The van der Waals surface area contributed by atoms with E-state index in [1.165, 1.54) is 35.4 Å². The minimum Gasteiger partial charge on any atom is -0.435 e. The summed E-state index contributed by atoms with van der Waals surface area (Å²) in [5.41, 5.74) is 3.01. The highest BCUT2D eigenvalue weighted by molar-refractivity contribution is 5.91. The maximum absolute atomic E-state index is 12.1. The van der Waals surface area contributed by atoms with E-state index in [0.717, 1.165) is 17.9 Å². The van der Waals surface area contributed by atoms with Gasteiger partial charge in [-0.1, -0.05) is 31.2 Å². The number of alkyl halides is 2. The molecule has 0 spiro atoms. The molecule has 2 rings (SSSR count). The molecule has 1 amide bonds. The van der Waals surface area contributed by atoms with Crippen molar-refractivity contribution >= 4 is 11.6 Å². The Morgan fingerprint density at radius 3 is 2.24 bits per heavy atom. The van der Waals surface area contributed by atoms with E-state index in [-0.39, 0.29) is 11.7 Å². The van der Waals surface area contributed by atoms with Gasteiger partial charge in [-0.2, -0.15) is 8.78 Å². The quantitative estimate of drug-likeness (QED) is 0.769. The van der Waals surface area contributed by atoms with Gasteiger partial charge in [-0.05, 0) is 36.2 Å². The molecule has 25 heavy (non-hydrogen) atoms. The third kappa shape index (κ3) is 6.51. The van der Waals surface area contributed by atoms with Gasteiger partial charge in [0, 0.05) is 11.3 Å². The molecule has 4 nitrogen and oxygen atoms in total. The Morgan fingerprint density at radius 1 is 1.08 bits per heavy atom. The Balaban J connectivity index is 1.82. The number of aryl methyl sites for hydroxylation is 1. The van der Waals surface area contributed by atoms with Crippen molar-refractivity contribution < 1.29 is 23.2 Å². The number of carbonyl (C=O) groups excluding carboxylic acids is 1. The monoisotopic (exact) mass is 349 g/mol. The molecular formula is C19H23F2N2O2+. The number of halogens is 2. The molecule has 134 valence electrons. The van der Waals surface area contributed by atoms with Gasteiger partial charge in [0.25, 0.3) is 5.91 Å². The van der Waals surface area contributed by atoms with E-state index in [1.54, 1.807) is 0 Å². The van der Waals surface area contributed by atoms with Crippen molar-refractivity contribution in [2.24, 2.45) is 0 Å². The summed E-state index contributed by atoms with van der Waals surface area (Å²) < 4.78 is 28.5. The lowest BCUT2D eigenvalue weighted by Gasteiger charge is -2.14. The molecule has 1 atom stereocenters. The fourth-order valence-corrected chi connectivity index (χ4v) is 2.50. The Bertz CT molecular complexity index is 673. The van der Waals surface area contributed by atoms with Crippen LogP contribution in [0.5, 0.6) is 5.75 Å². The van der Waals surface area contributed by atoms with E-state index >= 15 is 0 Å². The molecule has 6 heteroatoms. The van der Waals surface area contributed by atoms with Crippen molar-refractivity contribution in [3.8, 4) is 5.75 Å². The number of ether oxygens (including phenoxy) is 1. The third-order valence-electron chi connectivity index (χ3n) is 3.76. The first kappa shape index (κ1) is 18.9. The second-order valence-electron chi connectivity index (χ2n) is 5.93. The van der Waals surface area contributed by atoms with Crippen LogP contribution in [0.4, 0.5) is 14.5 Å². The van der Waals surface area contributed by atoms with Crippen LogP contribution in [0.3, 0.4) is 0 Å². The summed E-state index contributed by atoms with van der Waals surface area (Å²) in [5, 5.41) is 2.75. The van der Waals surface area contributed by atoms with E-state index in [9.17, 15) is 13.6 Å². The van der Waals surface area contributed by atoms with E-state index < -0.39 is 6.61 Å². The largest absolute Gasteiger partial charge is 0.435 e. The number of hydrogen-bond donors (Lipinski definition) is 2. The molecule has 2 aromatic rings. The van der Waals surface area contributed by atoms with Crippen molar-refractivity contribution in [2.75, 3.05) is 18.9 Å². The summed E-state index contributed by atoms with van der Waals surface area (Å²) in [7, 11) is 1.95. The zero-order valence-corrected chi connectivity index (χ0v) is 14.4. The molecule has 1 unspecified atom stereocenters. The Morgan fingerprint density at radius 2 is 1.68 bits per heavy atom. The summed E-state index contributed by atoms with van der Waals surface area (Å²) in [6, 6.07) is 14.2. The van der Waals surface area contributed by atoms with Gasteiger partial charge in [-0.25, -0.2) is 0 Å². The summed E-state index contributed by atoms with van der Waals surface area (Å²) in [5.74, 6) is -0.0727. The molecule has 0 radical (unpaired) electrons. The molecule has 0 saturated heterocycles. The third-order valence-corrected chi connectivity index (χ3v) is 3.76. The lowest BCUT2D eigenvalue weighted by atomic mass is 10.1. The number of nitrogens with one attached hydrogen (secondary N) is 2. The van der Waals surface area contributed by atoms with Crippen LogP contribution in [0, 0.1) is 0 Å². The average Bonchev–Trinajstić information content (AvgIpc) is 2.56. The van der Waals surface area contributed by atoms with Crippen LogP contribution in [0.1, 0.15) is 18.1 Å².